The van der Waals surface area contributed by atoms with E-state index < -0.39 is 6.61 Å². The first-order chi connectivity index (χ1) is 10.1. The predicted molar refractivity (Wildman–Crippen MR) is 79.5 cm³/mol. The number of benzene rings is 2. The summed E-state index contributed by atoms with van der Waals surface area (Å²) in [5, 5.41) is 3.40. The Morgan fingerprint density at radius 3 is 2.14 bits per heavy atom. The third-order valence-electron chi connectivity index (χ3n) is 3.40. The summed E-state index contributed by atoms with van der Waals surface area (Å²) in [6.45, 7) is 1.17. The van der Waals surface area contributed by atoms with Gasteiger partial charge in [0.05, 0.1) is 0 Å². The van der Waals surface area contributed by atoms with Crippen molar-refractivity contribution in [2.75, 3.05) is 0 Å². The third-order valence-corrected chi connectivity index (χ3v) is 3.40. The van der Waals surface area contributed by atoms with Crippen LogP contribution < -0.4 is 10.1 Å². The van der Waals surface area contributed by atoms with Crippen molar-refractivity contribution in [2.24, 2.45) is 0 Å². The summed E-state index contributed by atoms with van der Waals surface area (Å²) in [7, 11) is 0. The van der Waals surface area contributed by atoms with Gasteiger partial charge in [0.2, 0.25) is 0 Å². The lowest BCUT2D eigenvalue weighted by Gasteiger charge is -2.22. The van der Waals surface area contributed by atoms with Gasteiger partial charge in [0, 0.05) is 17.6 Å². The van der Waals surface area contributed by atoms with Crippen LogP contribution >= 0.6 is 0 Å². The van der Waals surface area contributed by atoms with Crippen molar-refractivity contribution in [3.05, 3.63) is 65.7 Å². The minimum Gasteiger partial charge on any atom is -0.434 e. The van der Waals surface area contributed by atoms with E-state index in [0.717, 1.165) is 11.1 Å². The van der Waals surface area contributed by atoms with Crippen molar-refractivity contribution in [1.29, 1.82) is 0 Å². The summed E-state index contributed by atoms with van der Waals surface area (Å²) in [6, 6.07) is 16.9. The summed E-state index contributed by atoms with van der Waals surface area (Å²) < 4.78 is 29.5. The van der Waals surface area contributed by atoms with E-state index in [1.54, 1.807) is 18.2 Å². The molecular formula is C17H19F2NO. The maximum absolute atomic E-state index is 12.4. The van der Waals surface area contributed by atoms with Gasteiger partial charge < -0.3 is 10.1 Å². The molecular weight excluding hydrogens is 272 g/mol. The average molecular weight is 291 g/mol. The molecule has 112 valence electrons. The molecule has 0 spiro atoms. The summed E-state index contributed by atoms with van der Waals surface area (Å²) in [5.74, 6) is 0.216. The van der Waals surface area contributed by atoms with Crippen molar-refractivity contribution < 1.29 is 13.5 Å². The quantitative estimate of drug-likeness (QED) is 0.833. The van der Waals surface area contributed by atoms with Crippen LogP contribution in [0.3, 0.4) is 0 Å². The summed E-state index contributed by atoms with van der Waals surface area (Å²) in [4.78, 5) is 0. The number of ether oxygens (including phenoxy) is 1. The molecule has 1 unspecified atom stereocenters. The van der Waals surface area contributed by atoms with Gasteiger partial charge >= 0.3 is 6.61 Å². The number of nitrogens with one attached hydrogen (secondary N) is 1. The number of alkyl halides is 2. The number of para-hydroxylation sites is 1. The van der Waals surface area contributed by atoms with Crippen molar-refractivity contribution in [1.82, 2.24) is 5.32 Å². The highest BCUT2D eigenvalue weighted by molar-refractivity contribution is 5.36. The zero-order valence-corrected chi connectivity index (χ0v) is 12.1. The fourth-order valence-electron chi connectivity index (χ4n) is 2.34. The molecule has 0 heterocycles. The van der Waals surface area contributed by atoms with Crippen molar-refractivity contribution in [2.45, 2.75) is 32.5 Å². The Balaban J connectivity index is 2.11. The smallest absolute Gasteiger partial charge is 0.387 e. The maximum Gasteiger partial charge on any atom is 0.387 e. The molecule has 0 radical (unpaired) electrons. The fraction of sp³-hybridized carbons (Fsp3) is 0.294. The molecule has 0 fully saturated rings. The van der Waals surface area contributed by atoms with E-state index in [2.05, 4.69) is 10.1 Å². The minimum atomic E-state index is -2.81. The summed E-state index contributed by atoms with van der Waals surface area (Å²) >= 11 is 0. The van der Waals surface area contributed by atoms with Crippen molar-refractivity contribution in [3.63, 3.8) is 0 Å². The Morgan fingerprint density at radius 1 is 0.857 bits per heavy atom. The van der Waals surface area contributed by atoms with Crippen molar-refractivity contribution in [3.8, 4) is 5.75 Å². The van der Waals surface area contributed by atoms with Crippen molar-refractivity contribution >= 4 is 0 Å². The SMILES string of the molecule is CC(N[C@H](C)c1ccccc1)c1ccccc1OC(F)F. The first-order valence-corrected chi connectivity index (χ1v) is 6.92. The highest BCUT2D eigenvalue weighted by atomic mass is 19.3. The third kappa shape index (κ3) is 4.26. The highest BCUT2D eigenvalue weighted by Crippen LogP contribution is 2.28. The molecule has 0 aliphatic heterocycles. The monoisotopic (exact) mass is 291 g/mol. The highest BCUT2D eigenvalue weighted by Gasteiger charge is 2.16. The van der Waals surface area contributed by atoms with Gasteiger partial charge in [0.1, 0.15) is 5.75 Å². The summed E-state index contributed by atoms with van der Waals surface area (Å²) in [5.41, 5.74) is 1.87. The van der Waals surface area contributed by atoms with Gasteiger partial charge in [-0.3, -0.25) is 0 Å². The van der Waals surface area contributed by atoms with E-state index in [1.807, 2.05) is 50.2 Å². The van der Waals surface area contributed by atoms with Crippen LogP contribution in [0.4, 0.5) is 8.78 Å². The fourth-order valence-corrected chi connectivity index (χ4v) is 2.34. The van der Waals surface area contributed by atoms with Gasteiger partial charge in [-0.05, 0) is 25.5 Å². The van der Waals surface area contributed by atoms with Gasteiger partial charge in [0.25, 0.3) is 0 Å². The molecule has 0 bridgehead atoms. The molecule has 0 aliphatic rings. The molecule has 21 heavy (non-hydrogen) atoms. The molecule has 2 nitrogen and oxygen atoms in total. The van der Waals surface area contributed by atoms with E-state index in [-0.39, 0.29) is 17.8 Å². The molecule has 0 saturated heterocycles. The van der Waals surface area contributed by atoms with Crippen LogP contribution in [-0.4, -0.2) is 6.61 Å². The van der Waals surface area contributed by atoms with Crippen LogP contribution in [0, 0.1) is 0 Å². The predicted octanol–water partition coefficient (Wildman–Crippen LogP) is 4.70. The largest absolute Gasteiger partial charge is 0.434 e. The Morgan fingerprint density at radius 2 is 1.48 bits per heavy atom. The molecule has 2 rings (SSSR count). The normalized spacial score (nSPS) is 14.0. The number of hydrogen-bond donors (Lipinski definition) is 1. The molecule has 4 heteroatoms. The lowest BCUT2D eigenvalue weighted by Crippen LogP contribution is -2.23. The van der Waals surface area contributed by atoms with Gasteiger partial charge in [-0.1, -0.05) is 48.5 Å². The van der Waals surface area contributed by atoms with Crippen LogP contribution in [0.5, 0.6) is 5.75 Å². The molecule has 0 saturated carbocycles. The zero-order valence-electron chi connectivity index (χ0n) is 12.1. The van der Waals surface area contributed by atoms with Crippen LogP contribution in [0.2, 0.25) is 0 Å². The van der Waals surface area contributed by atoms with Crippen LogP contribution in [0.1, 0.15) is 37.1 Å². The van der Waals surface area contributed by atoms with Crippen LogP contribution in [0.15, 0.2) is 54.6 Å². The molecule has 0 amide bonds. The van der Waals surface area contributed by atoms with E-state index in [1.165, 1.54) is 0 Å². The second kappa shape index (κ2) is 7.18. The Bertz CT molecular complexity index is 560. The van der Waals surface area contributed by atoms with E-state index in [9.17, 15) is 8.78 Å². The van der Waals surface area contributed by atoms with E-state index in [0.29, 0.717) is 0 Å². The zero-order chi connectivity index (χ0) is 15.2. The maximum atomic E-state index is 12.4. The standard InChI is InChI=1S/C17H19F2NO/c1-12(14-8-4-3-5-9-14)20-13(2)15-10-6-7-11-16(15)21-17(18)19/h3-13,17,20H,1-2H3/t12-,13?/m1/s1. The lowest BCUT2D eigenvalue weighted by atomic mass is 10.0. The second-order valence-corrected chi connectivity index (χ2v) is 4.94. The Kier molecular flexibility index (Phi) is 5.28. The number of rotatable bonds is 6. The van der Waals surface area contributed by atoms with Gasteiger partial charge in [-0.15, -0.1) is 0 Å². The van der Waals surface area contributed by atoms with Crippen LogP contribution in [-0.2, 0) is 0 Å². The topological polar surface area (TPSA) is 21.3 Å². The summed E-state index contributed by atoms with van der Waals surface area (Å²) in [6.07, 6.45) is 0. The van der Waals surface area contributed by atoms with E-state index >= 15 is 0 Å². The molecule has 2 atom stereocenters. The number of halogens is 2. The molecule has 1 N–H and O–H groups in total. The molecule has 2 aromatic carbocycles. The van der Waals surface area contributed by atoms with Gasteiger partial charge in [-0.2, -0.15) is 8.78 Å². The molecule has 2 aromatic rings. The van der Waals surface area contributed by atoms with Crippen LogP contribution in [0.25, 0.3) is 0 Å². The number of hydrogen-bond acceptors (Lipinski definition) is 2. The Hall–Kier alpha value is -1.94. The molecule has 0 aliphatic carbocycles. The minimum absolute atomic E-state index is 0.102. The first kappa shape index (κ1) is 15.4. The molecule has 0 aromatic heterocycles. The van der Waals surface area contributed by atoms with E-state index in [4.69, 9.17) is 0 Å². The second-order valence-electron chi connectivity index (χ2n) is 4.94. The Labute approximate surface area is 123 Å². The lowest BCUT2D eigenvalue weighted by molar-refractivity contribution is -0.0506. The average Bonchev–Trinajstić information content (AvgIpc) is 2.48. The first-order valence-electron chi connectivity index (χ1n) is 6.92. The van der Waals surface area contributed by atoms with Gasteiger partial charge in [-0.25, -0.2) is 0 Å². The van der Waals surface area contributed by atoms with Gasteiger partial charge in [0.15, 0.2) is 0 Å².